The van der Waals surface area contributed by atoms with Crippen molar-refractivity contribution in [3.8, 4) is 0 Å². The van der Waals surface area contributed by atoms with Crippen LogP contribution in [-0.2, 0) is 9.53 Å². The number of esters is 1. The minimum atomic E-state index is -0.370. The number of hydrogen-bond donors (Lipinski definition) is 1. The van der Waals surface area contributed by atoms with Gasteiger partial charge in [-0.05, 0) is 40.2 Å². The van der Waals surface area contributed by atoms with Crippen LogP contribution in [0.25, 0.3) is 0 Å². The molecule has 106 valence electrons. The molecule has 0 aliphatic heterocycles. The molecular formula is C14H27NO2S. The van der Waals surface area contributed by atoms with E-state index in [0.717, 1.165) is 6.54 Å². The Balaban J connectivity index is 2.33. The van der Waals surface area contributed by atoms with Crippen molar-refractivity contribution >= 4 is 17.7 Å². The van der Waals surface area contributed by atoms with Gasteiger partial charge in [-0.25, -0.2) is 0 Å². The van der Waals surface area contributed by atoms with Gasteiger partial charge >= 0.3 is 5.97 Å². The van der Waals surface area contributed by atoms with Crippen LogP contribution in [0.15, 0.2) is 0 Å². The molecule has 0 aromatic rings. The highest BCUT2D eigenvalue weighted by molar-refractivity contribution is 8.00. The van der Waals surface area contributed by atoms with Crippen molar-refractivity contribution in [1.29, 1.82) is 0 Å². The summed E-state index contributed by atoms with van der Waals surface area (Å²) in [6, 6.07) is 0.566. The molecule has 3 nitrogen and oxygen atoms in total. The fourth-order valence-electron chi connectivity index (χ4n) is 2.34. The molecule has 1 fully saturated rings. The van der Waals surface area contributed by atoms with E-state index in [2.05, 4.69) is 12.2 Å². The lowest BCUT2D eigenvalue weighted by Crippen LogP contribution is -2.40. The second-order valence-electron chi connectivity index (χ2n) is 5.88. The van der Waals surface area contributed by atoms with Crippen LogP contribution in [0.1, 0.15) is 53.4 Å². The molecule has 0 amide bonds. The molecule has 1 rings (SSSR count). The van der Waals surface area contributed by atoms with Gasteiger partial charge in [0.2, 0.25) is 0 Å². The summed E-state index contributed by atoms with van der Waals surface area (Å²) >= 11 is 1.76. The maximum atomic E-state index is 11.7. The van der Waals surface area contributed by atoms with Gasteiger partial charge in [-0.2, -0.15) is 0 Å². The summed E-state index contributed by atoms with van der Waals surface area (Å²) in [7, 11) is 0. The first kappa shape index (κ1) is 15.8. The highest BCUT2D eigenvalue weighted by atomic mass is 32.2. The average Bonchev–Trinajstić information content (AvgIpc) is 2.26. The van der Waals surface area contributed by atoms with Crippen LogP contribution >= 0.6 is 11.8 Å². The lowest BCUT2D eigenvalue weighted by Gasteiger charge is -2.31. The fraction of sp³-hybridized carbons (Fsp3) is 0.929. The zero-order chi connectivity index (χ0) is 13.6. The predicted octanol–water partition coefficient (Wildman–Crippen LogP) is 2.98. The SMILES string of the molecule is CCNC1CCCCC1SCC(=O)OC(C)(C)C. The van der Waals surface area contributed by atoms with E-state index >= 15 is 0 Å². The summed E-state index contributed by atoms with van der Waals surface area (Å²) in [6.45, 7) is 8.89. The zero-order valence-electron chi connectivity index (χ0n) is 12.1. The number of rotatable bonds is 5. The standard InChI is InChI=1S/C14H27NO2S/c1-5-15-11-8-6-7-9-12(11)18-10-13(16)17-14(2,3)4/h11-12,15H,5-10H2,1-4H3. The van der Waals surface area contributed by atoms with E-state index in [4.69, 9.17) is 4.74 Å². The third-order valence-corrected chi connectivity index (χ3v) is 4.40. The van der Waals surface area contributed by atoms with Crippen LogP contribution in [-0.4, -0.2) is 35.2 Å². The van der Waals surface area contributed by atoms with Crippen molar-refractivity contribution in [3.63, 3.8) is 0 Å². The number of hydrogen-bond acceptors (Lipinski definition) is 4. The first-order valence-corrected chi connectivity index (χ1v) is 8.04. The van der Waals surface area contributed by atoms with Gasteiger partial charge in [0.1, 0.15) is 5.60 Å². The van der Waals surface area contributed by atoms with E-state index < -0.39 is 0 Å². The van der Waals surface area contributed by atoms with Crippen molar-refractivity contribution in [1.82, 2.24) is 5.32 Å². The maximum absolute atomic E-state index is 11.7. The first-order valence-electron chi connectivity index (χ1n) is 6.99. The molecule has 0 spiro atoms. The molecule has 0 aromatic carbocycles. The van der Waals surface area contributed by atoms with Gasteiger partial charge in [0.25, 0.3) is 0 Å². The van der Waals surface area contributed by atoms with Crippen molar-refractivity contribution in [2.45, 2.75) is 70.3 Å². The Morgan fingerprint density at radius 3 is 2.61 bits per heavy atom. The molecule has 2 atom stereocenters. The smallest absolute Gasteiger partial charge is 0.316 e. The summed E-state index contributed by atoms with van der Waals surface area (Å²) in [6.07, 6.45) is 5.04. The van der Waals surface area contributed by atoms with Gasteiger partial charge in [-0.15, -0.1) is 11.8 Å². The fourth-order valence-corrected chi connectivity index (χ4v) is 3.55. The minimum Gasteiger partial charge on any atom is -0.459 e. The lowest BCUT2D eigenvalue weighted by atomic mass is 9.95. The number of thioether (sulfide) groups is 1. The Morgan fingerprint density at radius 2 is 2.00 bits per heavy atom. The molecule has 18 heavy (non-hydrogen) atoms. The number of carbonyl (C=O) groups excluding carboxylic acids is 1. The van der Waals surface area contributed by atoms with E-state index in [9.17, 15) is 4.79 Å². The highest BCUT2D eigenvalue weighted by Gasteiger charge is 2.26. The Morgan fingerprint density at radius 1 is 1.33 bits per heavy atom. The zero-order valence-corrected chi connectivity index (χ0v) is 12.9. The first-order chi connectivity index (χ1) is 8.42. The van der Waals surface area contributed by atoms with Crippen LogP contribution < -0.4 is 5.32 Å². The predicted molar refractivity (Wildman–Crippen MR) is 78.0 cm³/mol. The van der Waals surface area contributed by atoms with Crippen LogP contribution in [0.3, 0.4) is 0 Å². The molecule has 0 heterocycles. The van der Waals surface area contributed by atoms with E-state index in [-0.39, 0.29) is 11.6 Å². The van der Waals surface area contributed by atoms with E-state index in [1.807, 2.05) is 20.8 Å². The van der Waals surface area contributed by atoms with Crippen LogP contribution in [0, 0.1) is 0 Å². The summed E-state index contributed by atoms with van der Waals surface area (Å²) in [5.74, 6) is 0.387. The van der Waals surface area contributed by atoms with E-state index in [1.54, 1.807) is 11.8 Å². The Bertz CT molecular complexity index is 261. The molecule has 1 N–H and O–H groups in total. The van der Waals surface area contributed by atoms with Crippen molar-refractivity contribution in [2.75, 3.05) is 12.3 Å². The van der Waals surface area contributed by atoms with Gasteiger partial charge < -0.3 is 10.1 Å². The van der Waals surface area contributed by atoms with Gasteiger partial charge in [-0.1, -0.05) is 19.8 Å². The Labute approximate surface area is 115 Å². The van der Waals surface area contributed by atoms with E-state index in [0.29, 0.717) is 17.0 Å². The summed E-state index contributed by atoms with van der Waals surface area (Å²) in [5, 5.41) is 4.09. The lowest BCUT2D eigenvalue weighted by molar-refractivity contribution is -0.151. The third kappa shape index (κ3) is 6.10. The normalized spacial score (nSPS) is 24.9. The molecule has 2 unspecified atom stereocenters. The molecule has 1 saturated carbocycles. The topological polar surface area (TPSA) is 38.3 Å². The van der Waals surface area contributed by atoms with E-state index in [1.165, 1.54) is 25.7 Å². The van der Waals surface area contributed by atoms with Gasteiger partial charge in [0.05, 0.1) is 5.75 Å². The van der Waals surface area contributed by atoms with Crippen molar-refractivity contribution in [3.05, 3.63) is 0 Å². The number of ether oxygens (including phenoxy) is 1. The molecule has 0 aromatic heterocycles. The van der Waals surface area contributed by atoms with Crippen molar-refractivity contribution in [2.24, 2.45) is 0 Å². The summed E-state index contributed by atoms with van der Waals surface area (Å²) in [5.41, 5.74) is -0.370. The Hall–Kier alpha value is -0.220. The average molecular weight is 273 g/mol. The molecule has 4 heteroatoms. The van der Waals surface area contributed by atoms with Crippen LogP contribution in [0.2, 0.25) is 0 Å². The second-order valence-corrected chi connectivity index (χ2v) is 7.11. The Kier molecular flexibility index (Phi) is 6.50. The maximum Gasteiger partial charge on any atom is 0.316 e. The van der Waals surface area contributed by atoms with Crippen LogP contribution in [0.5, 0.6) is 0 Å². The molecule has 1 aliphatic rings. The van der Waals surface area contributed by atoms with Crippen LogP contribution in [0.4, 0.5) is 0 Å². The highest BCUT2D eigenvalue weighted by Crippen LogP contribution is 2.29. The minimum absolute atomic E-state index is 0.0895. The third-order valence-electron chi connectivity index (χ3n) is 3.00. The second kappa shape index (κ2) is 7.39. The monoisotopic (exact) mass is 273 g/mol. The van der Waals surface area contributed by atoms with Gasteiger partial charge in [-0.3, -0.25) is 4.79 Å². The molecule has 0 bridgehead atoms. The molecular weight excluding hydrogens is 246 g/mol. The van der Waals surface area contributed by atoms with Gasteiger partial charge in [0.15, 0.2) is 0 Å². The van der Waals surface area contributed by atoms with Gasteiger partial charge in [0, 0.05) is 11.3 Å². The summed E-state index contributed by atoms with van der Waals surface area (Å²) < 4.78 is 5.34. The number of carbonyl (C=O) groups is 1. The molecule has 0 radical (unpaired) electrons. The summed E-state index contributed by atoms with van der Waals surface area (Å²) in [4.78, 5) is 11.7. The molecule has 0 saturated heterocycles. The largest absolute Gasteiger partial charge is 0.459 e. The van der Waals surface area contributed by atoms with Crippen molar-refractivity contribution < 1.29 is 9.53 Å². The molecule has 1 aliphatic carbocycles. The quantitative estimate of drug-likeness (QED) is 0.782. The number of nitrogens with one attached hydrogen (secondary N) is 1.